The molecule has 0 bridgehead atoms. The Kier molecular flexibility index (Phi) is 1.58. The molecule has 0 spiro atoms. The first kappa shape index (κ1) is 7.07. The van der Waals surface area contributed by atoms with Gasteiger partial charge < -0.3 is 0 Å². The van der Waals surface area contributed by atoms with Gasteiger partial charge in [-0.15, -0.1) is 0 Å². The average molecular weight is 200 g/mol. The zero-order valence-electron chi connectivity index (χ0n) is 6.39. The molecule has 1 heterocycles. The van der Waals surface area contributed by atoms with E-state index in [1.807, 2.05) is 0 Å². The number of aromatic nitrogens is 1. The van der Waals surface area contributed by atoms with Crippen molar-refractivity contribution in [2.24, 2.45) is 0 Å². The molecule has 0 aliphatic heterocycles. The van der Waals surface area contributed by atoms with Gasteiger partial charge in [-0.3, -0.25) is 0 Å². The number of benzene rings is 1. The summed E-state index contributed by atoms with van der Waals surface area (Å²) < 4.78 is 1.39. The van der Waals surface area contributed by atoms with E-state index in [9.17, 15) is 0 Å². The van der Waals surface area contributed by atoms with Crippen LogP contribution in [0.1, 0.15) is 5.56 Å². The molecule has 0 aliphatic carbocycles. The van der Waals surface area contributed by atoms with Crippen LogP contribution in [0.2, 0.25) is 0 Å². The molecule has 1 aromatic carbocycles. The Bertz CT molecular complexity index is 389. The second-order valence-corrected chi connectivity index (χ2v) is 4.10. The number of aryl methyl sites for hydroxylation is 1. The number of aromatic amines is 1. The van der Waals surface area contributed by atoms with E-state index in [4.69, 9.17) is 0 Å². The van der Waals surface area contributed by atoms with Crippen LogP contribution in [0, 0.1) is 6.92 Å². The van der Waals surface area contributed by atoms with Crippen LogP contribution in [0.15, 0.2) is 24.4 Å². The molecule has 0 saturated carbocycles. The Balaban J connectivity index is 2.87. The van der Waals surface area contributed by atoms with Crippen molar-refractivity contribution in [3.63, 3.8) is 0 Å². The number of nitrogens with one attached hydrogen (secondary N) is 1. The molecule has 0 amide bonds. The molecule has 2 radical (unpaired) electrons. The standard InChI is InChI=1S/C9H8N.Ga/c1-7-2-3-9-8(6-7)4-5-10-9;/h2-3,5-6,10H,1H3;. The zero-order chi connectivity index (χ0) is 7.84. The van der Waals surface area contributed by atoms with Crippen molar-refractivity contribution in [2.45, 2.75) is 6.92 Å². The van der Waals surface area contributed by atoms with Crippen molar-refractivity contribution in [3.8, 4) is 0 Å². The summed E-state index contributed by atoms with van der Waals surface area (Å²) in [5.74, 6) is 0. The monoisotopic (exact) mass is 199 g/mol. The van der Waals surface area contributed by atoms with Gasteiger partial charge in [-0.25, -0.2) is 0 Å². The van der Waals surface area contributed by atoms with E-state index in [1.54, 1.807) is 18.6 Å². The fourth-order valence-electron chi connectivity index (χ4n) is 1.26. The quantitative estimate of drug-likeness (QED) is 0.616. The summed E-state index contributed by atoms with van der Waals surface area (Å²) in [7, 11) is 0. The summed E-state index contributed by atoms with van der Waals surface area (Å²) in [5.41, 5.74) is 2.57. The van der Waals surface area contributed by atoms with E-state index in [0.717, 1.165) is 0 Å². The second kappa shape index (κ2) is 2.46. The van der Waals surface area contributed by atoms with Gasteiger partial charge in [0.15, 0.2) is 0 Å². The molecule has 52 valence electrons. The van der Waals surface area contributed by atoms with Crippen LogP contribution < -0.4 is 4.12 Å². The van der Waals surface area contributed by atoms with E-state index in [0.29, 0.717) is 0 Å². The van der Waals surface area contributed by atoms with Gasteiger partial charge in [0.1, 0.15) is 0 Å². The van der Waals surface area contributed by atoms with Gasteiger partial charge >= 0.3 is 75.5 Å². The maximum atomic E-state index is 3.23. The first-order chi connectivity index (χ1) is 5.27. The van der Waals surface area contributed by atoms with Crippen molar-refractivity contribution in [2.75, 3.05) is 0 Å². The molecule has 0 saturated heterocycles. The van der Waals surface area contributed by atoms with Crippen LogP contribution in [-0.2, 0) is 0 Å². The average Bonchev–Trinajstić information content (AvgIpc) is 2.33. The summed E-state index contributed by atoms with van der Waals surface area (Å²) in [6.07, 6.45) is 2.07. The predicted molar refractivity (Wildman–Crippen MR) is 48.4 cm³/mol. The van der Waals surface area contributed by atoms with Crippen LogP contribution in [-0.4, -0.2) is 23.6 Å². The molecule has 1 nitrogen and oxygen atoms in total. The van der Waals surface area contributed by atoms with Crippen molar-refractivity contribution in [1.29, 1.82) is 0 Å². The third-order valence-electron chi connectivity index (χ3n) is 1.87. The van der Waals surface area contributed by atoms with Crippen LogP contribution in [0.3, 0.4) is 0 Å². The molecule has 2 aromatic rings. The summed E-state index contributed by atoms with van der Waals surface area (Å²) in [4.78, 5) is 3.23. The number of rotatable bonds is 0. The van der Waals surface area contributed by atoms with Gasteiger partial charge in [0.25, 0.3) is 0 Å². The van der Waals surface area contributed by atoms with E-state index in [1.165, 1.54) is 20.6 Å². The number of H-pyrrole nitrogens is 1. The molecule has 1 aromatic heterocycles. The molecular formula is C9H8GaN. The van der Waals surface area contributed by atoms with Gasteiger partial charge in [-0.2, -0.15) is 0 Å². The number of hydrogen-bond donors (Lipinski definition) is 1. The number of fused-ring (bicyclic) bond motifs is 1. The van der Waals surface area contributed by atoms with E-state index in [-0.39, 0.29) is 0 Å². The molecule has 0 aliphatic rings. The Morgan fingerprint density at radius 1 is 1.36 bits per heavy atom. The van der Waals surface area contributed by atoms with Crippen molar-refractivity contribution in [1.82, 2.24) is 4.98 Å². The minimum atomic E-state index is 1.25. The fraction of sp³-hybridized carbons (Fsp3) is 0.111. The van der Waals surface area contributed by atoms with Crippen LogP contribution in [0.5, 0.6) is 0 Å². The minimum absolute atomic E-state index is 1.25. The van der Waals surface area contributed by atoms with Crippen LogP contribution in [0.25, 0.3) is 10.9 Å². The molecule has 0 unspecified atom stereocenters. The first-order valence-electron chi connectivity index (χ1n) is 3.60. The normalized spacial score (nSPS) is 10.6. The zero-order valence-corrected chi connectivity index (χ0v) is 8.81. The van der Waals surface area contributed by atoms with Crippen molar-refractivity contribution >= 4 is 33.6 Å². The Labute approximate surface area is 75.7 Å². The van der Waals surface area contributed by atoms with E-state index >= 15 is 0 Å². The molecule has 11 heavy (non-hydrogen) atoms. The van der Waals surface area contributed by atoms with E-state index in [2.05, 4.69) is 36.3 Å². The SMILES string of the molecule is Cc1ccc2[nH]c[c]([Ga])c2c1. The van der Waals surface area contributed by atoms with Gasteiger partial charge in [0.2, 0.25) is 0 Å². The second-order valence-electron chi connectivity index (χ2n) is 2.79. The molecule has 2 rings (SSSR count). The molecule has 0 atom stereocenters. The van der Waals surface area contributed by atoms with Crippen LogP contribution in [0.4, 0.5) is 0 Å². The number of hydrogen-bond acceptors (Lipinski definition) is 0. The topological polar surface area (TPSA) is 15.8 Å². The Hall–Kier alpha value is -0.604. The maximum absolute atomic E-state index is 3.23. The first-order valence-corrected chi connectivity index (χ1v) is 4.82. The molecule has 0 fully saturated rings. The summed E-state index contributed by atoms with van der Waals surface area (Å²) in [5, 5.41) is 1.37. The predicted octanol–water partition coefficient (Wildman–Crippen LogP) is 1.27. The fourth-order valence-corrected chi connectivity index (χ4v) is 1.93. The Morgan fingerprint density at radius 3 is 3.00 bits per heavy atom. The summed E-state index contributed by atoms with van der Waals surface area (Å²) in [6, 6.07) is 6.49. The van der Waals surface area contributed by atoms with Gasteiger partial charge in [-0.1, -0.05) is 0 Å². The summed E-state index contributed by atoms with van der Waals surface area (Å²) >= 11 is 1.67. The Morgan fingerprint density at radius 2 is 2.18 bits per heavy atom. The molecular weight excluding hydrogens is 192 g/mol. The molecule has 1 N–H and O–H groups in total. The van der Waals surface area contributed by atoms with Crippen molar-refractivity contribution in [3.05, 3.63) is 30.0 Å². The van der Waals surface area contributed by atoms with Gasteiger partial charge in [0.05, 0.1) is 0 Å². The van der Waals surface area contributed by atoms with Crippen LogP contribution >= 0.6 is 0 Å². The van der Waals surface area contributed by atoms with Gasteiger partial charge in [-0.05, 0) is 0 Å². The molecule has 2 heteroatoms. The van der Waals surface area contributed by atoms with Gasteiger partial charge in [0, 0.05) is 0 Å². The van der Waals surface area contributed by atoms with Crippen molar-refractivity contribution < 1.29 is 0 Å². The summed E-state index contributed by atoms with van der Waals surface area (Å²) in [6.45, 7) is 2.12. The third kappa shape index (κ3) is 1.12. The third-order valence-corrected chi connectivity index (χ3v) is 2.87. The van der Waals surface area contributed by atoms with E-state index < -0.39 is 0 Å².